The molecule has 0 aromatic heterocycles. The van der Waals surface area contributed by atoms with E-state index in [0.717, 1.165) is 5.56 Å². The van der Waals surface area contributed by atoms with E-state index >= 15 is 0 Å². The summed E-state index contributed by atoms with van der Waals surface area (Å²) >= 11 is 5.94. The van der Waals surface area contributed by atoms with Crippen molar-refractivity contribution in [2.24, 2.45) is 5.73 Å². The Kier molecular flexibility index (Phi) is 5.01. The monoisotopic (exact) mass is 317 g/mol. The quantitative estimate of drug-likeness (QED) is 0.909. The topological polar surface area (TPSA) is 75.4 Å². The Balaban J connectivity index is 2.11. The number of halogens is 1. The number of hydrogen-bond donors (Lipinski definition) is 2. The fraction of sp³-hybridized carbons (Fsp3) is 0.125. The van der Waals surface area contributed by atoms with Crippen molar-refractivity contribution in [2.75, 3.05) is 12.4 Å². The molecule has 0 saturated heterocycles. The molecule has 3 amide bonds. The molecule has 2 aromatic rings. The van der Waals surface area contributed by atoms with Crippen molar-refractivity contribution in [1.29, 1.82) is 0 Å². The molecule has 114 valence electrons. The lowest BCUT2D eigenvalue weighted by molar-refractivity contribution is 0.0785. The van der Waals surface area contributed by atoms with Crippen molar-refractivity contribution in [1.82, 2.24) is 4.90 Å². The maximum Gasteiger partial charge on any atom is 0.316 e. The average molecular weight is 318 g/mol. The summed E-state index contributed by atoms with van der Waals surface area (Å²) in [6, 6.07) is 13.3. The van der Waals surface area contributed by atoms with Gasteiger partial charge in [-0.25, -0.2) is 4.79 Å². The zero-order valence-electron chi connectivity index (χ0n) is 12.0. The molecule has 0 radical (unpaired) electrons. The molecule has 3 N–H and O–H groups in total. The third kappa shape index (κ3) is 4.23. The largest absolute Gasteiger partial charge is 0.351 e. The number of amides is 3. The molecule has 5 nitrogen and oxygen atoms in total. The second kappa shape index (κ2) is 6.95. The van der Waals surface area contributed by atoms with Gasteiger partial charge in [-0.15, -0.1) is 0 Å². The zero-order chi connectivity index (χ0) is 16.1. The number of rotatable bonds is 4. The summed E-state index contributed by atoms with van der Waals surface area (Å²) in [7, 11) is 1.71. The Morgan fingerprint density at radius 3 is 2.59 bits per heavy atom. The summed E-state index contributed by atoms with van der Waals surface area (Å²) in [5.74, 6) is -0.159. The van der Waals surface area contributed by atoms with Gasteiger partial charge in [0.05, 0.1) is 0 Å². The fourth-order valence-electron chi connectivity index (χ4n) is 2.07. The van der Waals surface area contributed by atoms with Gasteiger partial charge in [0.25, 0.3) is 5.91 Å². The van der Waals surface area contributed by atoms with Crippen LogP contribution in [0.5, 0.6) is 0 Å². The maximum absolute atomic E-state index is 12.4. The van der Waals surface area contributed by atoms with Crippen LogP contribution in [0.15, 0.2) is 48.5 Å². The van der Waals surface area contributed by atoms with Crippen molar-refractivity contribution in [3.63, 3.8) is 0 Å². The van der Waals surface area contributed by atoms with Crippen LogP contribution >= 0.6 is 11.6 Å². The van der Waals surface area contributed by atoms with Crippen LogP contribution < -0.4 is 11.1 Å². The van der Waals surface area contributed by atoms with Gasteiger partial charge in [0.2, 0.25) is 0 Å². The second-order valence-electron chi connectivity index (χ2n) is 4.86. The number of nitrogens with one attached hydrogen (secondary N) is 1. The van der Waals surface area contributed by atoms with Gasteiger partial charge in [-0.2, -0.15) is 0 Å². The van der Waals surface area contributed by atoms with Gasteiger partial charge in [-0.3, -0.25) is 4.79 Å². The van der Waals surface area contributed by atoms with Crippen molar-refractivity contribution >= 4 is 29.2 Å². The normalized spacial score (nSPS) is 10.1. The zero-order valence-corrected chi connectivity index (χ0v) is 12.8. The number of carbonyl (C=O) groups is 2. The molecule has 0 aliphatic carbocycles. The molecule has 0 aliphatic heterocycles. The Hall–Kier alpha value is -2.53. The first-order chi connectivity index (χ1) is 10.5. The van der Waals surface area contributed by atoms with E-state index in [1.54, 1.807) is 42.3 Å². The van der Waals surface area contributed by atoms with Crippen LogP contribution in [0, 0.1) is 0 Å². The minimum Gasteiger partial charge on any atom is -0.351 e. The minimum absolute atomic E-state index is 0.159. The Morgan fingerprint density at radius 1 is 1.18 bits per heavy atom. The third-order valence-corrected chi connectivity index (χ3v) is 3.27. The number of primary amides is 1. The van der Waals surface area contributed by atoms with Gasteiger partial charge in [0.1, 0.15) is 0 Å². The summed E-state index contributed by atoms with van der Waals surface area (Å²) in [6.07, 6.45) is 0. The van der Waals surface area contributed by atoms with Gasteiger partial charge in [-0.05, 0) is 35.9 Å². The molecule has 0 fully saturated rings. The number of carbonyl (C=O) groups excluding carboxylic acids is 2. The molecule has 0 unspecified atom stereocenters. The molecule has 22 heavy (non-hydrogen) atoms. The van der Waals surface area contributed by atoms with Crippen LogP contribution in [0.4, 0.5) is 10.5 Å². The van der Waals surface area contributed by atoms with E-state index in [1.807, 2.05) is 18.2 Å². The molecular weight excluding hydrogens is 302 g/mol. The molecule has 2 rings (SSSR count). The highest BCUT2D eigenvalue weighted by Gasteiger charge is 2.13. The Labute approximate surface area is 133 Å². The molecule has 0 bridgehead atoms. The van der Waals surface area contributed by atoms with Gasteiger partial charge in [-0.1, -0.05) is 29.8 Å². The lowest BCUT2D eigenvalue weighted by Crippen LogP contribution is -2.26. The van der Waals surface area contributed by atoms with Crippen molar-refractivity contribution in [3.8, 4) is 0 Å². The molecule has 0 atom stereocenters. The number of nitrogens with two attached hydrogens (primary N) is 1. The van der Waals surface area contributed by atoms with E-state index in [4.69, 9.17) is 17.3 Å². The highest BCUT2D eigenvalue weighted by Crippen LogP contribution is 2.15. The lowest BCUT2D eigenvalue weighted by Gasteiger charge is -2.18. The van der Waals surface area contributed by atoms with Gasteiger partial charge < -0.3 is 16.0 Å². The first kappa shape index (κ1) is 15.9. The smallest absolute Gasteiger partial charge is 0.316 e. The number of nitrogens with zero attached hydrogens (tertiary/aromatic N) is 1. The second-order valence-corrected chi connectivity index (χ2v) is 5.30. The van der Waals surface area contributed by atoms with Crippen LogP contribution in [-0.2, 0) is 6.54 Å². The van der Waals surface area contributed by atoms with E-state index < -0.39 is 6.03 Å². The summed E-state index contributed by atoms with van der Waals surface area (Å²) in [5.41, 5.74) is 6.96. The summed E-state index contributed by atoms with van der Waals surface area (Å²) in [5, 5.41) is 3.08. The SMILES string of the molecule is CN(Cc1cccc(Cl)c1)C(=O)c1cccc(NC(N)=O)c1. The predicted octanol–water partition coefficient (Wildman–Crippen LogP) is 3.10. The van der Waals surface area contributed by atoms with E-state index in [9.17, 15) is 9.59 Å². The predicted molar refractivity (Wildman–Crippen MR) is 86.9 cm³/mol. The van der Waals surface area contributed by atoms with Crippen LogP contribution in [-0.4, -0.2) is 23.9 Å². The van der Waals surface area contributed by atoms with Crippen LogP contribution in [0.1, 0.15) is 15.9 Å². The van der Waals surface area contributed by atoms with Gasteiger partial charge in [0, 0.05) is 29.9 Å². The summed E-state index contributed by atoms with van der Waals surface area (Å²) in [6.45, 7) is 0.437. The van der Waals surface area contributed by atoms with Crippen LogP contribution in [0.25, 0.3) is 0 Å². The lowest BCUT2D eigenvalue weighted by atomic mass is 10.1. The van der Waals surface area contributed by atoms with Crippen LogP contribution in [0.2, 0.25) is 5.02 Å². The van der Waals surface area contributed by atoms with Gasteiger partial charge in [0.15, 0.2) is 0 Å². The fourth-order valence-corrected chi connectivity index (χ4v) is 2.29. The van der Waals surface area contributed by atoms with Gasteiger partial charge >= 0.3 is 6.03 Å². The Morgan fingerprint density at radius 2 is 1.91 bits per heavy atom. The number of anilines is 1. The standard InChI is InChI=1S/C16H16ClN3O2/c1-20(10-11-4-2-6-13(17)8-11)15(21)12-5-3-7-14(9-12)19-16(18)22/h2-9H,10H2,1H3,(H3,18,19,22). The molecule has 0 aliphatic rings. The number of hydrogen-bond acceptors (Lipinski definition) is 2. The minimum atomic E-state index is -0.670. The van der Waals surface area contributed by atoms with E-state index in [-0.39, 0.29) is 5.91 Å². The highest BCUT2D eigenvalue weighted by atomic mass is 35.5. The maximum atomic E-state index is 12.4. The van der Waals surface area contributed by atoms with Crippen molar-refractivity contribution in [2.45, 2.75) is 6.54 Å². The molecule has 6 heteroatoms. The highest BCUT2D eigenvalue weighted by molar-refractivity contribution is 6.30. The van der Waals surface area contributed by atoms with E-state index in [1.165, 1.54) is 0 Å². The summed E-state index contributed by atoms with van der Waals surface area (Å²) in [4.78, 5) is 24.9. The molecular formula is C16H16ClN3O2. The number of urea groups is 1. The third-order valence-electron chi connectivity index (χ3n) is 3.03. The summed E-state index contributed by atoms with van der Waals surface area (Å²) < 4.78 is 0. The number of benzene rings is 2. The van der Waals surface area contributed by atoms with E-state index in [0.29, 0.717) is 22.8 Å². The molecule has 0 saturated carbocycles. The first-order valence-corrected chi connectivity index (χ1v) is 7.00. The molecule has 0 spiro atoms. The van der Waals surface area contributed by atoms with Crippen molar-refractivity contribution < 1.29 is 9.59 Å². The van der Waals surface area contributed by atoms with Crippen LogP contribution in [0.3, 0.4) is 0 Å². The average Bonchev–Trinajstić information content (AvgIpc) is 2.46. The first-order valence-electron chi connectivity index (χ1n) is 6.62. The van der Waals surface area contributed by atoms with Crippen molar-refractivity contribution in [3.05, 3.63) is 64.7 Å². The molecule has 2 aromatic carbocycles. The Bertz CT molecular complexity index is 703. The van der Waals surface area contributed by atoms with E-state index in [2.05, 4.69) is 5.32 Å². The molecule has 0 heterocycles.